The summed E-state index contributed by atoms with van der Waals surface area (Å²) in [5.41, 5.74) is 2.19. The van der Waals surface area contributed by atoms with Crippen LogP contribution in [0.2, 0.25) is 0 Å². The Balaban J connectivity index is 1.24. The minimum absolute atomic E-state index is 0.219. The average molecular weight is 414 g/mol. The van der Waals surface area contributed by atoms with Crippen LogP contribution in [0.4, 0.5) is 5.69 Å². The van der Waals surface area contributed by atoms with Crippen molar-refractivity contribution in [2.24, 2.45) is 0 Å². The van der Waals surface area contributed by atoms with Gasteiger partial charge in [-0.1, -0.05) is 18.2 Å². The van der Waals surface area contributed by atoms with E-state index in [0.29, 0.717) is 5.75 Å². The molecule has 1 aliphatic heterocycles. The largest absolute Gasteiger partial charge is 0.497 e. The number of para-hydroxylation sites is 1. The van der Waals surface area contributed by atoms with E-state index >= 15 is 0 Å². The van der Waals surface area contributed by atoms with Crippen LogP contribution >= 0.6 is 23.1 Å². The highest BCUT2D eigenvalue weighted by Gasteiger charge is 2.21. The molecule has 4 rings (SSSR count). The van der Waals surface area contributed by atoms with Crippen LogP contribution in [-0.4, -0.2) is 54.8 Å². The summed E-state index contributed by atoms with van der Waals surface area (Å²) in [6.07, 6.45) is 0. The summed E-state index contributed by atoms with van der Waals surface area (Å²) in [6.45, 7) is 3.22. The number of amides is 1. The van der Waals surface area contributed by atoms with E-state index in [4.69, 9.17) is 4.74 Å². The highest BCUT2D eigenvalue weighted by Crippen LogP contribution is 2.25. The number of thiazole rings is 1. The number of aromatic nitrogens is 1. The molecule has 0 atom stereocenters. The van der Waals surface area contributed by atoms with Crippen LogP contribution in [0, 0.1) is 0 Å². The number of fused-ring (bicyclic) bond motifs is 1. The number of rotatable bonds is 6. The highest BCUT2D eigenvalue weighted by atomic mass is 32.2. The van der Waals surface area contributed by atoms with E-state index in [-0.39, 0.29) is 5.91 Å². The molecule has 1 saturated heterocycles. The van der Waals surface area contributed by atoms with Crippen molar-refractivity contribution in [3.8, 4) is 5.75 Å². The first kappa shape index (κ1) is 19.1. The van der Waals surface area contributed by atoms with Crippen LogP contribution in [0.5, 0.6) is 5.75 Å². The summed E-state index contributed by atoms with van der Waals surface area (Å²) in [5.74, 6) is 2.38. The number of hydrogen-bond acceptors (Lipinski definition) is 6. The SMILES string of the molecule is COc1cccc(N2CCN(C(=O)CSCc3nc4ccccc4s3)CC2)c1. The molecule has 0 unspecified atom stereocenters. The first-order chi connectivity index (χ1) is 13.7. The first-order valence-corrected chi connectivity index (χ1v) is 11.3. The quantitative estimate of drug-likeness (QED) is 0.614. The molecular weight excluding hydrogens is 390 g/mol. The van der Waals surface area contributed by atoms with Crippen LogP contribution in [0.3, 0.4) is 0 Å². The van der Waals surface area contributed by atoms with Gasteiger partial charge in [0.05, 0.1) is 23.1 Å². The second kappa shape index (κ2) is 8.84. The molecule has 7 heteroatoms. The molecule has 5 nitrogen and oxygen atoms in total. The summed E-state index contributed by atoms with van der Waals surface area (Å²) in [5, 5.41) is 1.09. The lowest BCUT2D eigenvalue weighted by molar-refractivity contribution is -0.128. The molecule has 1 aliphatic rings. The van der Waals surface area contributed by atoms with Crippen molar-refractivity contribution in [3.63, 3.8) is 0 Å². The normalized spacial score (nSPS) is 14.5. The van der Waals surface area contributed by atoms with E-state index in [1.807, 2.05) is 41.3 Å². The van der Waals surface area contributed by atoms with Gasteiger partial charge in [-0.05, 0) is 24.3 Å². The lowest BCUT2D eigenvalue weighted by atomic mass is 10.2. The van der Waals surface area contributed by atoms with Crippen LogP contribution in [0.25, 0.3) is 10.2 Å². The number of carbonyl (C=O) groups excluding carboxylic acids is 1. The van der Waals surface area contributed by atoms with Crippen LogP contribution in [0.1, 0.15) is 5.01 Å². The fourth-order valence-corrected chi connectivity index (χ4v) is 5.27. The third-order valence-corrected chi connectivity index (χ3v) is 6.99. The maximum atomic E-state index is 12.6. The van der Waals surface area contributed by atoms with Crippen molar-refractivity contribution < 1.29 is 9.53 Å². The number of anilines is 1. The van der Waals surface area contributed by atoms with Crippen molar-refractivity contribution >= 4 is 44.9 Å². The van der Waals surface area contributed by atoms with E-state index < -0.39 is 0 Å². The first-order valence-electron chi connectivity index (χ1n) is 9.32. The molecule has 0 radical (unpaired) electrons. The molecule has 2 aromatic carbocycles. The van der Waals surface area contributed by atoms with Gasteiger partial charge in [-0.2, -0.15) is 0 Å². The van der Waals surface area contributed by atoms with Crippen molar-refractivity contribution in [2.45, 2.75) is 5.75 Å². The number of benzene rings is 2. The number of nitrogens with zero attached hydrogens (tertiary/aromatic N) is 3. The number of thioether (sulfide) groups is 1. The Morgan fingerprint density at radius 3 is 2.75 bits per heavy atom. The van der Waals surface area contributed by atoms with Crippen LogP contribution in [-0.2, 0) is 10.5 Å². The molecule has 2 heterocycles. The van der Waals surface area contributed by atoms with Crippen molar-refractivity contribution in [3.05, 3.63) is 53.5 Å². The van der Waals surface area contributed by atoms with Crippen LogP contribution in [0.15, 0.2) is 48.5 Å². The van der Waals surface area contributed by atoms with Gasteiger partial charge >= 0.3 is 0 Å². The molecule has 0 saturated carbocycles. The summed E-state index contributed by atoms with van der Waals surface area (Å²) >= 11 is 3.36. The van der Waals surface area contributed by atoms with Gasteiger partial charge in [0.15, 0.2) is 0 Å². The smallest absolute Gasteiger partial charge is 0.232 e. The molecule has 146 valence electrons. The number of ether oxygens (including phenoxy) is 1. The lowest BCUT2D eigenvalue weighted by Crippen LogP contribution is -2.49. The van der Waals surface area contributed by atoms with E-state index in [9.17, 15) is 4.79 Å². The molecule has 0 bridgehead atoms. The topological polar surface area (TPSA) is 45.7 Å². The van der Waals surface area contributed by atoms with Crippen LogP contribution < -0.4 is 9.64 Å². The van der Waals surface area contributed by atoms with Gasteiger partial charge in [-0.25, -0.2) is 4.98 Å². The van der Waals surface area contributed by atoms with Gasteiger partial charge in [0.1, 0.15) is 10.8 Å². The molecule has 1 aromatic heterocycles. The molecular formula is C21H23N3O2S2. The summed E-state index contributed by atoms with van der Waals surface area (Å²) < 4.78 is 6.51. The Morgan fingerprint density at radius 1 is 1.14 bits per heavy atom. The predicted octanol–water partition coefficient (Wildman–Crippen LogP) is 3.89. The number of carbonyl (C=O) groups is 1. The zero-order chi connectivity index (χ0) is 19.3. The highest BCUT2D eigenvalue weighted by molar-refractivity contribution is 7.99. The maximum Gasteiger partial charge on any atom is 0.232 e. The van der Waals surface area contributed by atoms with Crippen molar-refractivity contribution in [2.75, 3.05) is 43.9 Å². The molecule has 1 fully saturated rings. The predicted molar refractivity (Wildman–Crippen MR) is 118 cm³/mol. The fraction of sp³-hybridized carbons (Fsp3) is 0.333. The third kappa shape index (κ3) is 4.42. The summed E-state index contributed by atoms with van der Waals surface area (Å²) in [4.78, 5) is 21.5. The molecule has 3 aromatic rings. The summed E-state index contributed by atoms with van der Waals surface area (Å²) in [6, 6.07) is 16.3. The number of piperazine rings is 1. The number of hydrogen-bond donors (Lipinski definition) is 0. The molecule has 0 N–H and O–H groups in total. The van der Waals surface area contributed by atoms with E-state index in [1.54, 1.807) is 30.2 Å². The Kier molecular flexibility index (Phi) is 6.02. The van der Waals surface area contributed by atoms with E-state index in [0.717, 1.165) is 53.9 Å². The van der Waals surface area contributed by atoms with E-state index in [1.165, 1.54) is 4.70 Å². The Bertz CT molecular complexity index is 918. The van der Waals surface area contributed by atoms with Gasteiger partial charge in [0.2, 0.25) is 5.91 Å². The minimum Gasteiger partial charge on any atom is -0.497 e. The van der Waals surface area contributed by atoms with Crippen molar-refractivity contribution in [1.29, 1.82) is 0 Å². The van der Waals surface area contributed by atoms with Gasteiger partial charge in [0.25, 0.3) is 0 Å². The molecule has 0 aliphatic carbocycles. The van der Waals surface area contributed by atoms with Gasteiger partial charge in [-0.3, -0.25) is 4.79 Å². The zero-order valence-corrected chi connectivity index (χ0v) is 17.5. The maximum absolute atomic E-state index is 12.6. The molecule has 1 amide bonds. The molecule has 28 heavy (non-hydrogen) atoms. The average Bonchev–Trinajstić information content (AvgIpc) is 3.16. The monoisotopic (exact) mass is 413 g/mol. The Hall–Kier alpha value is -2.25. The minimum atomic E-state index is 0.219. The Morgan fingerprint density at radius 2 is 1.96 bits per heavy atom. The fourth-order valence-electron chi connectivity index (χ4n) is 3.32. The Labute approximate surface area is 173 Å². The van der Waals surface area contributed by atoms with E-state index in [2.05, 4.69) is 22.0 Å². The second-order valence-corrected chi connectivity index (χ2v) is 8.74. The molecule has 0 spiro atoms. The zero-order valence-electron chi connectivity index (χ0n) is 15.8. The summed E-state index contributed by atoms with van der Waals surface area (Å²) in [7, 11) is 1.68. The standard InChI is InChI=1S/C21H23N3O2S2/c1-26-17-6-4-5-16(13-17)23-9-11-24(12-10-23)21(25)15-27-14-20-22-18-7-2-3-8-19(18)28-20/h2-8,13H,9-12,14-15H2,1H3. The van der Waals surface area contributed by atoms with Gasteiger partial charge in [-0.15, -0.1) is 23.1 Å². The second-order valence-electron chi connectivity index (χ2n) is 6.64. The number of methoxy groups -OCH3 is 1. The third-order valence-electron chi connectivity index (χ3n) is 4.84. The van der Waals surface area contributed by atoms with Gasteiger partial charge < -0.3 is 14.5 Å². The van der Waals surface area contributed by atoms with Crippen molar-refractivity contribution in [1.82, 2.24) is 9.88 Å². The van der Waals surface area contributed by atoms with Gasteiger partial charge in [0, 0.05) is 43.7 Å². The lowest BCUT2D eigenvalue weighted by Gasteiger charge is -2.36.